The van der Waals surface area contributed by atoms with Gasteiger partial charge in [-0.3, -0.25) is 4.90 Å². The second-order valence-electron chi connectivity index (χ2n) is 6.07. The molecule has 3 nitrogen and oxygen atoms in total. The first-order valence-electron chi connectivity index (χ1n) is 7.55. The molecule has 3 rings (SSSR count). The molecule has 0 radical (unpaired) electrons. The van der Waals surface area contributed by atoms with E-state index in [-0.39, 0.29) is 18.5 Å². The Morgan fingerprint density at radius 3 is 2.95 bits per heavy atom. The summed E-state index contributed by atoms with van der Waals surface area (Å²) in [4.78, 5) is 2.35. The Kier molecular flexibility index (Phi) is 4.25. The van der Waals surface area contributed by atoms with Gasteiger partial charge < -0.3 is 10.8 Å². The predicted molar refractivity (Wildman–Crippen MR) is 79.8 cm³/mol. The van der Waals surface area contributed by atoms with Gasteiger partial charge in [0.15, 0.2) is 0 Å². The monoisotopic (exact) mass is 288 g/mol. The summed E-state index contributed by atoms with van der Waals surface area (Å²) in [6.07, 6.45) is 1.91. The van der Waals surface area contributed by atoms with Gasteiger partial charge >= 0.3 is 0 Å². The van der Waals surface area contributed by atoms with E-state index in [0.29, 0.717) is 11.8 Å². The van der Waals surface area contributed by atoms with Crippen LogP contribution in [0, 0.1) is 29.5 Å². The van der Waals surface area contributed by atoms with Crippen molar-refractivity contribution in [1.29, 1.82) is 0 Å². The molecule has 1 aliphatic heterocycles. The van der Waals surface area contributed by atoms with Crippen molar-refractivity contribution >= 4 is 0 Å². The maximum Gasteiger partial charge on any atom is 0.124 e. The zero-order valence-electron chi connectivity index (χ0n) is 12.1. The molecule has 112 valence electrons. The lowest BCUT2D eigenvalue weighted by molar-refractivity contribution is 0.123. The van der Waals surface area contributed by atoms with Gasteiger partial charge in [-0.05, 0) is 36.5 Å². The molecule has 3 atom stereocenters. The van der Waals surface area contributed by atoms with Crippen LogP contribution >= 0.6 is 0 Å². The van der Waals surface area contributed by atoms with Crippen LogP contribution < -0.4 is 5.73 Å². The van der Waals surface area contributed by atoms with Crippen LogP contribution in [0.4, 0.5) is 4.39 Å². The molecule has 1 aromatic carbocycles. The Morgan fingerprint density at radius 2 is 2.19 bits per heavy atom. The number of rotatable bonds is 2. The minimum Gasteiger partial charge on any atom is -0.393 e. The van der Waals surface area contributed by atoms with Crippen LogP contribution in [0.5, 0.6) is 0 Å². The Balaban J connectivity index is 1.73. The maximum atomic E-state index is 13.4. The number of hydrogen-bond donors (Lipinski definition) is 2. The molecule has 2 aliphatic rings. The van der Waals surface area contributed by atoms with Crippen molar-refractivity contribution < 1.29 is 9.50 Å². The molecule has 21 heavy (non-hydrogen) atoms. The molecule has 0 spiro atoms. The van der Waals surface area contributed by atoms with E-state index < -0.39 is 0 Å². The largest absolute Gasteiger partial charge is 0.393 e. The molecule has 4 heteroatoms. The molecule has 0 bridgehead atoms. The van der Waals surface area contributed by atoms with E-state index in [1.165, 1.54) is 12.1 Å². The second kappa shape index (κ2) is 6.15. The van der Waals surface area contributed by atoms with E-state index in [0.717, 1.165) is 43.6 Å². The molecule has 1 aliphatic carbocycles. The molecule has 2 fully saturated rings. The van der Waals surface area contributed by atoms with Crippen LogP contribution in [0.1, 0.15) is 24.0 Å². The van der Waals surface area contributed by atoms with Gasteiger partial charge in [0, 0.05) is 31.1 Å². The van der Waals surface area contributed by atoms with Crippen LogP contribution in [0.15, 0.2) is 18.2 Å². The van der Waals surface area contributed by atoms with Crippen LogP contribution in [0.2, 0.25) is 0 Å². The van der Waals surface area contributed by atoms with Crippen molar-refractivity contribution in [2.24, 2.45) is 17.6 Å². The molecule has 1 heterocycles. The van der Waals surface area contributed by atoms with Gasteiger partial charge in [0.05, 0.1) is 12.6 Å². The SMILES string of the molecule is NCC#Cc1cc(F)ccc1CN1CC2CCC(O)C2C1. The first-order valence-corrected chi connectivity index (χ1v) is 7.55. The van der Waals surface area contributed by atoms with Gasteiger partial charge in [-0.25, -0.2) is 4.39 Å². The molecule has 0 amide bonds. The highest BCUT2D eigenvalue weighted by Crippen LogP contribution is 2.38. The normalized spacial score (nSPS) is 28.2. The summed E-state index contributed by atoms with van der Waals surface area (Å²) in [5.41, 5.74) is 7.15. The zero-order valence-corrected chi connectivity index (χ0v) is 12.1. The van der Waals surface area contributed by atoms with Crippen LogP contribution in [-0.4, -0.2) is 35.7 Å². The van der Waals surface area contributed by atoms with Crippen molar-refractivity contribution in [2.75, 3.05) is 19.6 Å². The quantitative estimate of drug-likeness (QED) is 0.808. The highest BCUT2D eigenvalue weighted by atomic mass is 19.1. The van der Waals surface area contributed by atoms with Gasteiger partial charge in [-0.1, -0.05) is 17.9 Å². The predicted octanol–water partition coefficient (Wildman–Crippen LogP) is 1.34. The summed E-state index contributed by atoms with van der Waals surface area (Å²) in [7, 11) is 0. The lowest BCUT2D eigenvalue weighted by Gasteiger charge is -2.19. The van der Waals surface area contributed by atoms with E-state index in [1.807, 2.05) is 0 Å². The molecular formula is C17H21FN2O. The summed E-state index contributed by atoms with van der Waals surface area (Å²) < 4.78 is 13.4. The van der Waals surface area contributed by atoms with Crippen LogP contribution in [0.3, 0.4) is 0 Å². The van der Waals surface area contributed by atoms with E-state index in [4.69, 9.17) is 5.73 Å². The maximum absolute atomic E-state index is 13.4. The third kappa shape index (κ3) is 3.11. The van der Waals surface area contributed by atoms with Crippen LogP contribution in [-0.2, 0) is 6.54 Å². The van der Waals surface area contributed by atoms with Gasteiger partial charge in [0.25, 0.3) is 0 Å². The van der Waals surface area contributed by atoms with Crippen LogP contribution in [0.25, 0.3) is 0 Å². The number of benzene rings is 1. The third-order valence-electron chi connectivity index (χ3n) is 4.69. The fourth-order valence-corrected chi connectivity index (χ4v) is 3.65. The second-order valence-corrected chi connectivity index (χ2v) is 6.07. The highest BCUT2D eigenvalue weighted by molar-refractivity contribution is 5.42. The molecular weight excluding hydrogens is 267 g/mol. The van der Waals surface area contributed by atoms with Crippen molar-refractivity contribution in [2.45, 2.75) is 25.5 Å². The van der Waals surface area contributed by atoms with E-state index in [2.05, 4.69) is 16.7 Å². The number of fused-ring (bicyclic) bond motifs is 1. The van der Waals surface area contributed by atoms with Crippen molar-refractivity contribution in [3.8, 4) is 11.8 Å². The summed E-state index contributed by atoms with van der Waals surface area (Å²) >= 11 is 0. The number of aliphatic hydroxyl groups is 1. The Labute approximate surface area is 124 Å². The molecule has 1 saturated carbocycles. The lowest BCUT2D eigenvalue weighted by Crippen LogP contribution is -2.24. The van der Waals surface area contributed by atoms with E-state index >= 15 is 0 Å². The number of halogens is 1. The number of nitrogens with two attached hydrogens (primary N) is 1. The fraction of sp³-hybridized carbons (Fsp3) is 0.529. The minimum absolute atomic E-state index is 0.148. The standard InChI is InChI=1S/C17H21FN2O/c18-15-5-3-13(12(8-15)2-1-7-19)9-20-10-14-4-6-17(21)16(14)11-20/h3,5,8,14,16-17,21H,4,6-7,9-11,19H2. The van der Waals surface area contributed by atoms with Gasteiger partial charge in [0.1, 0.15) is 5.82 Å². The average Bonchev–Trinajstić information content (AvgIpc) is 3.01. The Bertz CT molecular complexity index is 578. The summed E-state index contributed by atoms with van der Waals surface area (Å²) in [6.45, 7) is 2.97. The van der Waals surface area contributed by atoms with E-state index in [9.17, 15) is 9.50 Å². The third-order valence-corrected chi connectivity index (χ3v) is 4.69. The number of nitrogens with zero attached hydrogens (tertiary/aromatic N) is 1. The molecule has 0 aromatic heterocycles. The summed E-state index contributed by atoms with van der Waals surface area (Å²) in [5.74, 6) is 6.50. The number of likely N-dealkylation sites (tertiary alicyclic amines) is 1. The number of aliphatic hydroxyl groups excluding tert-OH is 1. The zero-order chi connectivity index (χ0) is 14.8. The molecule has 1 saturated heterocycles. The smallest absolute Gasteiger partial charge is 0.124 e. The van der Waals surface area contributed by atoms with Gasteiger partial charge in [0.2, 0.25) is 0 Å². The fourth-order valence-electron chi connectivity index (χ4n) is 3.65. The average molecular weight is 288 g/mol. The summed E-state index contributed by atoms with van der Waals surface area (Å²) in [5, 5.41) is 9.98. The first kappa shape index (κ1) is 14.5. The molecule has 1 aromatic rings. The van der Waals surface area contributed by atoms with Gasteiger partial charge in [-0.2, -0.15) is 0 Å². The highest BCUT2D eigenvalue weighted by Gasteiger charge is 2.41. The first-order chi connectivity index (χ1) is 10.2. The minimum atomic E-state index is -0.270. The van der Waals surface area contributed by atoms with Gasteiger partial charge in [-0.15, -0.1) is 0 Å². The van der Waals surface area contributed by atoms with E-state index in [1.54, 1.807) is 6.07 Å². The summed E-state index contributed by atoms with van der Waals surface area (Å²) in [6, 6.07) is 4.76. The Morgan fingerprint density at radius 1 is 1.33 bits per heavy atom. The van der Waals surface area contributed by atoms with Crippen molar-refractivity contribution in [3.63, 3.8) is 0 Å². The number of hydrogen-bond acceptors (Lipinski definition) is 3. The topological polar surface area (TPSA) is 49.5 Å². The van der Waals surface area contributed by atoms with Crippen molar-refractivity contribution in [3.05, 3.63) is 35.1 Å². The Hall–Kier alpha value is -1.41. The molecule has 3 unspecified atom stereocenters. The lowest BCUT2D eigenvalue weighted by atomic mass is 10.00. The molecule has 3 N–H and O–H groups in total. The van der Waals surface area contributed by atoms with Crippen molar-refractivity contribution in [1.82, 2.24) is 4.90 Å².